The number of carbonyl (C=O) groups excluding carboxylic acids is 2. The van der Waals surface area contributed by atoms with Crippen molar-refractivity contribution < 1.29 is 28.5 Å². The van der Waals surface area contributed by atoms with Gasteiger partial charge in [0.05, 0.1) is 20.3 Å². The zero-order valence-corrected chi connectivity index (χ0v) is 21.8. The molecule has 0 fully saturated rings. The van der Waals surface area contributed by atoms with Crippen molar-refractivity contribution in [1.82, 2.24) is 0 Å². The Morgan fingerprint density at radius 2 is 1.46 bits per heavy atom. The van der Waals surface area contributed by atoms with Crippen LogP contribution in [0, 0.1) is 0 Å². The van der Waals surface area contributed by atoms with E-state index in [2.05, 4.69) is 36.9 Å². The van der Waals surface area contributed by atoms with Gasteiger partial charge in [-0.05, 0) is 48.1 Å². The first-order valence-corrected chi connectivity index (χ1v) is 12.5. The summed E-state index contributed by atoms with van der Waals surface area (Å²) < 4.78 is 22.0. The number of hydrogen-bond donors (Lipinski definition) is 0. The van der Waals surface area contributed by atoms with E-state index >= 15 is 0 Å². The molecule has 0 saturated carbocycles. The Labute approximate surface area is 218 Å². The van der Waals surface area contributed by atoms with E-state index < -0.39 is 5.97 Å². The molecule has 0 aliphatic heterocycles. The molecule has 37 heavy (non-hydrogen) atoms. The smallest absolute Gasteiger partial charge is 0.330 e. The van der Waals surface area contributed by atoms with Gasteiger partial charge in [-0.15, -0.1) is 0 Å². The summed E-state index contributed by atoms with van der Waals surface area (Å²) in [6.45, 7) is 8.28. The minimum absolute atomic E-state index is 0.218. The summed E-state index contributed by atoms with van der Waals surface area (Å²) in [7, 11) is 1.65. The molecule has 0 unspecified atom stereocenters. The average Bonchev–Trinajstić information content (AvgIpc) is 2.94. The summed E-state index contributed by atoms with van der Waals surface area (Å²) in [5.41, 5.74) is 5.99. The highest BCUT2D eigenvalue weighted by Crippen LogP contribution is 2.41. The lowest BCUT2D eigenvalue weighted by Gasteiger charge is -2.17. The topological polar surface area (TPSA) is 71.1 Å². The molecule has 3 rings (SSSR count). The van der Waals surface area contributed by atoms with Gasteiger partial charge in [0.1, 0.15) is 18.1 Å². The van der Waals surface area contributed by atoms with Gasteiger partial charge in [0.2, 0.25) is 0 Å². The maximum atomic E-state index is 11.5. The van der Waals surface area contributed by atoms with Crippen LogP contribution in [-0.4, -0.2) is 32.3 Å². The molecule has 0 aliphatic rings. The SMILES string of the molecule is C=CC(=O)OCCCc1ccc(-c2cc(-c3ccc(COC(=O)CC)cc3)c(OC)cc2OCC)cc1. The average molecular weight is 503 g/mol. The van der Waals surface area contributed by atoms with Crippen LogP contribution < -0.4 is 9.47 Å². The molecule has 0 saturated heterocycles. The minimum atomic E-state index is -0.399. The van der Waals surface area contributed by atoms with Crippen LogP contribution in [0.25, 0.3) is 22.3 Å². The molecule has 0 N–H and O–H groups in total. The van der Waals surface area contributed by atoms with E-state index in [9.17, 15) is 9.59 Å². The zero-order chi connectivity index (χ0) is 26.6. The zero-order valence-electron chi connectivity index (χ0n) is 21.8. The molecule has 6 nitrogen and oxygen atoms in total. The van der Waals surface area contributed by atoms with Gasteiger partial charge in [0.25, 0.3) is 0 Å². The molecular formula is C31H34O6. The van der Waals surface area contributed by atoms with E-state index in [4.69, 9.17) is 18.9 Å². The van der Waals surface area contributed by atoms with Crippen molar-refractivity contribution in [3.05, 3.63) is 84.4 Å². The molecule has 0 spiro atoms. The minimum Gasteiger partial charge on any atom is -0.496 e. The van der Waals surface area contributed by atoms with Gasteiger partial charge >= 0.3 is 11.9 Å². The number of carbonyl (C=O) groups is 2. The van der Waals surface area contributed by atoms with Gasteiger partial charge in [-0.3, -0.25) is 4.79 Å². The van der Waals surface area contributed by atoms with E-state index in [1.807, 2.05) is 37.3 Å². The Balaban J connectivity index is 1.84. The third-order valence-electron chi connectivity index (χ3n) is 5.84. The van der Waals surface area contributed by atoms with Crippen LogP contribution >= 0.6 is 0 Å². The quantitative estimate of drug-likeness (QED) is 0.150. The highest BCUT2D eigenvalue weighted by molar-refractivity contribution is 5.82. The highest BCUT2D eigenvalue weighted by atomic mass is 16.5. The number of hydrogen-bond acceptors (Lipinski definition) is 6. The molecule has 0 atom stereocenters. The molecule has 0 aromatic heterocycles. The lowest BCUT2D eigenvalue weighted by Crippen LogP contribution is -2.02. The fourth-order valence-electron chi connectivity index (χ4n) is 3.86. The van der Waals surface area contributed by atoms with Crippen LogP contribution in [0.2, 0.25) is 0 Å². The van der Waals surface area contributed by atoms with Gasteiger partial charge in [-0.2, -0.15) is 0 Å². The Bertz CT molecular complexity index is 1200. The van der Waals surface area contributed by atoms with E-state index in [1.54, 1.807) is 14.0 Å². The summed E-state index contributed by atoms with van der Waals surface area (Å²) in [5.74, 6) is 0.839. The first kappa shape index (κ1) is 27.5. The largest absolute Gasteiger partial charge is 0.496 e. The Hall–Kier alpha value is -4.06. The molecule has 0 amide bonds. The van der Waals surface area contributed by atoms with Crippen LogP contribution in [-0.2, 0) is 32.1 Å². The van der Waals surface area contributed by atoms with Crippen molar-refractivity contribution >= 4 is 11.9 Å². The molecule has 3 aromatic rings. The maximum absolute atomic E-state index is 11.5. The van der Waals surface area contributed by atoms with Crippen LogP contribution in [0.1, 0.15) is 37.8 Å². The van der Waals surface area contributed by atoms with Crippen molar-refractivity contribution in [2.45, 2.75) is 39.7 Å². The lowest BCUT2D eigenvalue weighted by molar-refractivity contribution is -0.144. The third kappa shape index (κ3) is 7.71. The summed E-state index contributed by atoms with van der Waals surface area (Å²) in [6.07, 6.45) is 3.07. The van der Waals surface area contributed by atoms with Crippen molar-refractivity contribution in [2.24, 2.45) is 0 Å². The van der Waals surface area contributed by atoms with Gasteiger partial charge in [0.15, 0.2) is 0 Å². The second-order valence-electron chi connectivity index (χ2n) is 8.36. The standard InChI is InChI=1S/C31H34O6/c1-5-30(32)36-18-8-9-22-10-14-25(15-11-22)27-19-26(28(34-4)20-29(27)35-7-3)24-16-12-23(13-17-24)21-37-31(33)6-2/h5,10-17,19-20H,1,6-9,18,21H2,2-4H3. The van der Waals surface area contributed by atoms with Crippen molar-refractivity contribution in [3.8, 4) is 33.8 Å². The Morgan fingerprint density at radius 3 is 2.03 bits per heavy atom. The van der Waals surface area contributed by atoms with Gasteiger partial charge in [0, 0.05) is 29.7 Å². The van der Waals surface area contributed by atoms with Gasteiger partial charge in [-0.1, -0.05) is 62.0 Å². The van der Waals surface area contributed by atoms with E-state index in [0.717, 1.165) is 52.0 Å². The Kier molecular flexibility index (Phi) is 10.3. The maximum Gasteiger partial charge on any atom is 0.330 e. The van der Waals surface area contributed by atoms with Crippen LogP contribution in [0.15, 0.2) is 73.3 Å². The first-order valence-electron chi connectivity index (χ1n) is 12.5. The fraction of sp³-hybridized carbons (Fsp3) is 0.290. The second-order valence-corrected chi connectivity index (χ2v) is 8.36. The molecule has 0 radical (unpaired) electrons. The van der Waals surface area contributed by atoms with E-state index in [-0.39, 0.29) is 12.6 Å². The van der Waals surface area contributed by atoms with Crippen molar-refractivity contribution in [1.29, 1.82) is 0 Å². The number of esters is 2. The molecule has 3 aromatic carbocycles. The highest BCUT2D eigenvalue weighted by Gasteiger charge is 2.15. The number of benzene rings is 3. The third-order valence-corrected chi connectivity index (χ3v) is 5.84. The summed E-state index contributed by atoms with van der Waals surface area (Å²) in [4.78, 5) is 22.7. The van der Waals surface area contributed by atoms with Gasteiger partial charge in [-0.25, -0.2) is 4.79 Å². The normalized spacial score (nSPS) is 10.5. The summed E-state index contributed by atoms with van der Waals surface area (Å²) >= 11 is 0. The molecule has 0 aliphatic carbocycles. The molecule has 194 valence electrons. The number of aryl methyl sites for hydroxylation is 1. The van der Waals surface area contributed by atoms with Crippen molar-refractivity contribution in [3.63, 3.8) is 0 Å². The predicted octanol–water partition coefficient (Wildman–Crippen LogP) is 6.54. The fourth-order valence-corrected chi connectivity index (χ4v) is 3.86. The second kappa shape index (κ2) is 13.9. The van der Waals surface area contributed by atoms with Gasteiger partial charge < -0.3 is 18.9 Å². The molecule has 0 heterocycles. The number of rotatable bonds is 13. The van der Waals surface area contributed by atoms with E-state index in [1.165, 1.54) is 6.08 Å². The number of methoxy groups -OCH3 is 1. The molecule has 6 heteroatoms. The molecular weight excluding hydrogens is 468 g/mol. The summed E-state index contributed by atoms with van der Waals surface area (Å²) in [5, 5.41) is 0. The first-order chi connectivity index (χ1) is 18.0. The summed E-state index contributed by atoms with van der Waals surface area (Å²) in [6, 6.07) is 20.2. The van der Waals surface area contributed by atoms with Crippen LogP contribution in [0.3, 0.4) is 0 Å². The van der Waals surface area contributed by atoms with Crippen LogP contribution in [0.4, 0.5) is 0 Å². The van der Waals surface area contributed by atoms with Crippen molar-refractivity contribution in [2.75, 3.05) is 20.3 Å². The van der Waals surface area contributed by atoms with E-state index in [0.29, 0.717) is 25.4 Å². The van der Waals surface area contributed by atoms with Crippen LogP contribution in [0.5, 0.6) is 11.5 Å². The molecule has 0 bridgehead atoms. The lowest BCUT2D eigenvalue weighted by atomic mass is 9.95. The number of ether oxygens (including phenoxy) is 4. The Morgan fingerprint density at radius 1 is 0.838 bits per heavy atom. The monoisotopic (exact) mass is 502 g/mol. The predicted molar refractivity (Wildman–Crippen MR) is 145 cm³/mol.